The van der Waals surface area contributed by atoms with Crippen molar-refractivity contribution in [2.45, 2.75) is 52.0 Å². The molecule has 1 amide bonds. The molecule has 1 N–H and O–H groups in total. The third-order valence-electron chi connectivity index (χ3n) is 3.78. The predicted molar refractivity (Wildman–Crippen MR) is 56.8 cm³/mol. The van der Waals surface area contributed by atoms with Crippen molar-refractivity contribution in [3.8, 4) is 0 Å². The highest BCUT2D eigenvalue weighted by Crippen LogP contribution is 2.49. The van der Waals surface area contributed by atoms with Crippen molar-refractivity contribution in [1.82, 2.24) is 5.32 Å². The molecule has 3 unspecified atom stereocenters. The highest BCUT2D eigenvalue weighted by atomic mass is 16.1. The summed E-state index contributed by atoms with van der Waals surface area (Å²) < 4.78 is 0. The van der Waals surface area contributed by atoms with E-state index in [4.69, 9.17) is 0 Å². The van der Waals surface area contributed by atoms with Gasteiger partial charge in [-0.05, 0) is 50.9 Å². The third-order valence-corrected chi connectivity index (χ3v) is 3.78. The van der Waals surface area contributed by atoms with Crippen LogP contribution in [0, 0.1) is 17.8 Å². The van der Waals surface area contributed by atoms with Gasteiger partial charge in [-0.2, -0.15) is 0 Å². The van der Waals surface area contributed by atoms with E-state index in [1.165, 1.54) is 25.7 Å². The Labute approximate surface area is 86.5 Å². The molecule has 2 aliphatic rings. The van der Waals surface area contributed by atoms with Crippen molar-refractivity contribution in [3.63, 3.8) is 0 Å². The molecule has 2 fully saturated rings. The Morgan fingerprint density at radius 3 is 2.64 bits per heavy atom. The van der Waals surface area contributed by atoms with Crippen LogP contribution < -0.4 is 5.32 Å². The third kappa shape index (κ3) is 2.10. The molecule has 2 heteroatoms. The van der Waals surface area contributed by atoms with Crippen LogP contribution in [0.25, 0.3) is 0 Å². The number of rotatable bonds is 3. The number of carbonyl (C=O) groups is 1. The summed E-state index contributed by atoms with van der Waals surface area (Å²) in [7, 11) is 0. The van der Waals surface area contributed by atoms with Gasteiger partial charge in [0.1, 0.15) is 0 Å². The summed E-state index contributed by atoms with van der Waals surface area (Å²) in [4.78, 5) is 11.6. The Hall–Kier alpha value is -0.530. The summed E-state index contributed by atoms with van der Waals surface area (Å²) in [5.41, 5.74) is 0. The summed E-state index contributed by atoms with van der Waals surface area (Å²) in [5, 5.41) is 2.99. The minimum Gasteiger partial charge on any atom is -0.354 e. The number of fused-ring (bicyclic) bond motifs is 2. The normalized spacial score (nSPS) is 35.2. The second kappa shape index (κ2) is 3.92. The van der Waals surface area contributed by atoms with Gasteiger partial charge in [0.15, 0.2) is 0 Å². The molecule has 2 rings (SSSR count). The Bertz CT molecular complexity index is 224. The first kappa shape index (κ1) is 10.0. The molecule has 2 saturated carbocycles. The van der Waals surface area contributed by atoms with E-state index in [0.29, 0.717) is 12.0 Å². The first-order valence-electron chi connectivity index (χ1n) is 5.94. The Morgan fingerprint density at radius 1 is 1.36 bits per heavy atom. The minimum atomic E-state index is 0.262. The first-order chi connectivity index (χ1) is 6.65. The Kier molecular flexibility index (Phi) is 2.80. The van der Waals surface area contributed by atoms with Gasteiger partial charge >= 0.3 is 0 Å². The van der Waals surface area contributed by atoms with Crippen molar-refractivity contribution in [2.75, 3.05) is 0 Å². The molecular weight excluding hydrogens is 174 g/mol. The van der Waals surface area contributed by atoms with Crippen molar-refractivity contribution in [3.05, 3.63) is 0 Å². The van der Waals surface area contributed by atoms with E-state index in [2.05, 4.69) is 5.32 Å². The number of hydrogen-bond donors (Lipinski definition) is 1. The molecule has 0 aromatic rings. The quantitative estimate of drug-likeness (QED) is 0.735. The van der Waals surface area contributed by atoms with Crippen LogP contribution in [0.3, 0.4) is 0 Å². The lowest BCUT2D eigenvalue weighted by Gasteiger charge is -2.21. The molecular formula is C12H21NO. The summed E-state index contributed by atoms with van der Waals surface area (Å²) >= 11 is 0. The Morgan fingerprint density at radius 2 is 2.14 bits per heavy atom. The van der Waals surface area contributed by atoms with Crippen LogP contribution in [0.15, 0.2) is 0 Å². The van der Waals surface area contributed by atoms with Gasteiger partial charge in [0.2, 0.25) is 5.91 Å². The molecule has 2 bridgehead atoms. The fraction of sp³-hybridized carbons (Fsp3) is 0.917. The largest absolute Gasteiger partial charge is 0.354 e. The zero-order valence-corrected chi connectivity index (χ0v) is 9.25. The SMILES string of the molecule is CC(C)NC(=O)CC1CC2CCC1C2. The maximum atomic E-state index is 11.6. The maximum absolute atomic E-state index is 11.6. The predicted octanol–water partition coefficient (Wildman–Crippen LogP) is 2.34. The van der Waals surface area contributed by atoms with Crippen LogP contribution in [0.2, 0.25) is 0 Å². The fourth-order valence-electron chi connectivity index (χ4n) is 3.25. The van der Waals surface area contributed by atoms with Crippen LogP contribution in [0.4, 0.5) is 0 Å². The van der Waals surface area contributed by atoms with E-state index in [9.17, 15) is 4.79 Å². The van der Waals surface area contributed by atoms with Crippen LogP contribution in [-0.4, -0.2) is 11.9 Å². The number of amides is 1. The van der Waals surface area contributed by atoms with Crippen molar-refractivity contribution in [1.29, 1.82) is 0 Å². The van der Waals surface area contributed by atoms with Gasteiger partial charge in [0, 0.05) is 12.5 Å². The molecule has 0 aromatic heterocycles. The van der Waals surface area contributed by atoms with Gasteiger partial charge in [-0.1, -0.05) is 6.42 Å². The summed E-state index contributed by atoms with van der Waals surface area (Å²) in [6.07, 6.45) is 6.30. The summed E-state index contributed by atoms with van der Waals surface area (Å²) in [6, 6.07) is 0.293. The highest BCUT2D eigenvalue weighted by Gasteiger charge is 2.39. The number of carbonyl (C=O) groups excluding carboxylic acids is 1. The molecule has 0 aromatic carbocycles. The smallest absolute Gasteiger partial charge is 0.220 e. The van der Waals surface area contributed by atoms with Crippen LogP contribution in [0.1, 0.15) is 46.0 Å². The second-order valence-electron chi connectivity index (χ2n) is 5.36. The molecule has 14 heavy (non-hydrogen) atoms. The zero-order chi connectivity index (χ0) is 10.1. The van der Waals surface area contributed by atoms with Gasteiger partial charge in [-0.25, -0.2) is 0 Å². The van der Waals surface area contributed by atoms with Gasteiger partial charge in [0.05, 0.1) is 0 Å². The van der Waals surface area contributed by atoms with Crippen LogP contribution >= 0.6 is 0 Å². The molecule has 0 radical (unpaired) electrons. The standard InChI is InChI=1S/C12H21NO/c1-8(2)13-12(14)7-11-6-9-3-4-10(11)5-9/h8-11H,3-7H2,1-2H3,(H,13,14). The topological polar surface area (TPSA) is 29.1 Å². The van der Waals surface area contributed by atoms with Crippen molar-refractivity contribution in [2.24, 2.45) is 17.8 Å². The lowest BCUT2D eigenvalue weighted by Crippen LogP contribution is -2.32. The van der Waals surface area contributed by atoms with Gasteiger partial charge in [0.25, 0.3) is 0 Å². The monoisotopic (exact) mass is 195 g/mol. The van der Waals surface area contributed by atoms with E-state index >= 15 is 0 Å². The fourth-order valence-corrected chi connectivity index (χ4v) is 3.25. The van der Waals surface area contributed by atoms with Crippen LogP contribution in [-0.2, 0) is 4.79 Å². The molecule has 3 atom stereocenters. The molecule has 0 heterocycles. The number of hydrogen-bond acceptors (Lipinski definition) is 1. The molecule has 0 saturated heterocycles. The summed E-state index contributed by atoms with van der Waals surface area (Å²) in [6.45, 7) is 4.05. The molecule has 0 aliphatic heterocycles. The molecule has 2 aliphatic carbocycles. The van der Waals surface area contributed by atoms with Gasteiger partial charge in [-0.15, -0.1) is 0 Å². The molecule has 0 spiro atoms. The van der Waals surface area contributed by atoms with Crippen molar-refractivity contribution < 1.29 is 4.79 Å². The lowest BCUT2D eigenvalue weighted by molar-refractivity contribution is -0.122. The lowest BCUT2D eigenvalue weighted by atomic mass is 9.86. The van der Waals surface area contributed by atoms with Gasteiger partial charge in [-0.3, -0.25) is 4.79 Å². The van der Waals surface area contributed by atoms with E-state index < -0.39 is 0 Å². The van der Waals surface area contributed by atoms with Crippen LogP contribution in [0.5, 0.6) is 0 Å². The second-order valence-corrected chi connectivity index (χ2v) is 5.36. The average molecular weight is 195 g/mol. The van der Waals surface area contributed by atoms with E-state index in [1.54, 1.807) is 0 Å². The Balaban J connectivity index is 1.78. The minimum absolute atomic E-state index is 0.262. The first-order valence-corrected chi connectivity index (χ1v) is 5.94. The highest BCUT2D eigenvalue weighted by molar-refractivity contribution is 5.76. The van der Waals surface area contributed by atoms with E-state index in [1.807, 2.05) is 13.8 Å². The van der Waals surface area contributed by atoms with Gasteiger partial charge < -0.3 is 5.32 Å². The zero-order valence-electron chi connectivity index (χ0n) is 9.25. The van der Waals surface area contributed by atoms with Crippen molar-refractivity contribution >= 4 is 5.91 Å². The summed E-state index contributed by atoms with van der Waals surface area (Å²) in [5.74, 6) is 2.79. The van der Waals surface area contributed by atoms with E-state index in [-0.39, 0.29) is 5.91 Å². The molecule has 2 nitrogen and oxygen atoms in total. The maximum Gasteiger partial charge on any atom is 0.220 e. The molecule has 80 valence electrons. The van der Waals surface area contributed by atoms with E-state index in [0.717, 1.165) is 18.3 Å². The number of nitrogens with one attached hydrogen (secondary N) is 1. The average Bonchev–Trinajstić information content (AvgIpc) is 2.62.